The van der Waals surface area contributed by atoms with Crippen molar-refractivity contribution in [2.45, 2.75) is 20.3 Å². The first-order valence-electron chi connectivity index (χ1n) is 7.91. The lowest BCUT2D eigenvalue weighted by Crippen LogP contribution is -2.37. The Kier molecular flexibility index (Phi) is 6.09. The van der Waals surface area contributed by atoms with E-state index in [-0.39, 0.29) is 5.92 Å². The molecular formula is C19H22N2O3. The predicted molar refractivity (Wildman–Crippen MR) is 93.4 cm³/mol. The van der Waals surface area contributed by atoms with Crippen LogP contribution in [0.1, 0.15) is 20.3 Å². The topological polar surface area (TPSA) is 78.4 Å². The number of hydrogen-bond donors (Lipinski definition) is 3. The molecule has 24 heavy (non-hydrogen) atoms. The minimum atomic E-state index is -0.927. The molecule has 5 heteroatoms. The number of hydrogen-bond acceptors (Lipinski definition) is 3. The standard InChI is InChI=1S/C19H22N2O3/c1-13(2)12-17(19(23)21-24)18(22)20-16-10-8-15(9-11-16)14-6-4-3-5-7-14/h3-11,13,17,24H,12H2,1-2H3,(H,20,22)(H,21,23). The number of carbonyl (C=O) groups is 2. The van der Waals surface area contributed by atoms with Crippen LogP contribution in [0.5, 0.6) is 0 Å². The molecule has 1 atom stereocenters. The summed E-state index contributed by atoms with van der Waals surface area (Å²) >= 11 is 0. The largest absolute Gasteiger partial charge is 0.325 e. The average Bonchev–Trinajstić information content (AvgIpc) is 2.60. The number of hydroxylamine groups is 1. The van der Waals surface area contributed by atoms with E-state index >= 15 is 0 Å². The third kappa shape index (κ3) is 4.67. The lowest BCUT2D eigenvalue weighted by Gasteiger charge is -2.17. The Morgan fingerprint density at radius 3 is 2.04 bits per heavy atom. The molecule has 1 unspecified atom stereocenters. The number of anilines is 1. The number of rotatable bonds is 6. The van der Waals surface area contributed by atoms with Gasteiger partial charge in [0.25, 0.3) is 5.91 Å². The molecule has 126 valence electrons. The fourth-order valence-electron chi connectivity index (χ4n) is 2.49. The molecule has 3 N–H and O–H groups in total. The first kappa shape index (κ1) is 17.7. The monoisotopic (exact) mass is 326 g/mol. The molecule has 0 aliphatic heterocycles. The molecule has 2 aromatic rings. The van der Waals surface area contributed by atoms with Crippen molar-refractivity contribution in [1.29, 1.82) is 0 Å². The van der Waals surface area contributed by atoms with Crippen LogP contribution in [0.15, 0.2) is 54.6 Å². The van der Waals surface area contributed by atoms with Crippen LogP contribution < -0.4 is 10.8 Å². The summed E-state index contributed by atoms with van der Waals surface area (Å²) in [5, 5.41) is 11.5. The van der Waals surface area contributed by atoms with Crippen LogP contribution in [0.2, 0.25) is 0 Å². The van der Waals surface area contributed by atoms with Crippen molar-refractivity contribution >= 4 is 17.5 Å². The fourth-order valence-corrected chi connectivity index (χ4v) is 2.49. The summed E-state index contributed by atoms with van der Waals surface area (Å²) in [7, 11) is 0. The minimum absolute atomic E-state index is 0.151. The molecule has 0 heterocycles. The van der Waals surface area contributed by atoms with Crippen LogP contribution in [-0.4, -0.2) is 17.0 Å². The summed E-state index contributed by atoms with van der Waals surface area (Å²) in [6, 6.07) is 17.3. The van der Waals surface area contributed by atoms with Crippen LogP contribution in [0, 0.1) is 11.8 Å². The number of nitrogens with one attached hydrogen (secondary N) is 2. The van der Waals surface area contributed by atoms with Gasteiger partial charge in [-0.1, -0.05) is 56.3 Å². The van der Waals surface area contributed by atoms with Crippen molar-refractivity contribution < 1.29 is 14.8 Å². The number of benzene rings is 2. The number of carbonyl (C=O) groups excluding carboxylic acids is 2. The van der Waals surface area contributed by atoms with E-state index in [2.05, 4.69) is 5.32 Å². The molecule has 0 aliphatic carbocycles. The van der Waals surface area contributed by atoms with Gasteiger partial charge in [-0.25, -0.2) is 5.48 Å². The highest BCUT2D eigenvalue weighted by atomic mass is 16.5. The van der Waals surface area contributed by atoms with Crippen LogP contribution in [0.4, 0.5) is 5.69 Å². The van der Waals surface area contributed by atoms with E-state index in [0.29, 0.717) is 12.1 Å². The van der Waals surface area contributed by atoms with Crippen molar-refractivity contribution in [3.8, 4) is 11.1 Å². The summed E-state index contributed by atoms with van der Waals surface area (Å²) in [6.07, 6.45) is 0.361. The molecular weight excluding hydrogens is 304 g/mol. The minimum Gasteiger partial charge on any atom is -0.325 e. The zero-order chi connectivity index (χ0) is 17.5. The molecule has 0 radical (unpaired) electrons. The number of amides is 2. The van der Waals surface area contributed by atoms with Gasteiger partial charge in [-0.3, -0.25) is 14.8 Å². The van der Waals surface area contributed by atoms with Crippen molar-refractivity contribution in [3.63, 3.8) is 0 Å². The highest BCUT2D eigenvalue weighted by Gasteiger charge is 2.27. The van der Waals surface area contributed by atoms with E-state index in [0.717, 1.165) is 11.1 Å². The van der Waals surface area contributed by atoms with E-state index in [1.165, 1.54) is 0 Å². The maximum Gasteiger partial charge on any atom is 0.255 e. The van der Waals surface area contributed by atoms with Crippen LogP contribution in [0.25, 0.3) is 11.1 Å². The van der Waals surface area contributed by atoms with Crippen molar-refractivity contribution in [3.05, 3.63) is 54.6 Å². The van der Waals surface area contributed by atoms with Gasteiger partial charge in [0.1, 0.15) is 5.92 Å². The maximum atomic E-state index is 12.3. The molecule has 0 spiro atoms. The molecule has 2 rings (SSSR count). The van der Waals surface area contributed by atoms with Gasteiger partial charge in [-0.05, 0) is 35.6 Å². The van der Waals surface area contributed by atoms with Gasteiger partial charge < -0.3 is 5.32 Å². The zero-order valence-electron chi connectivity index (χ0n) is 13.8. The van der Waals surface area contributed by atoms with Gasteiger partial charge in [0.15, 0.2) is 0 Å². The van der Waals surface area contributed by atoms with Gasteiger partial charge in [-0.2, -0.15) is 0 Å². The Bertz CT molecular complexity index is 682. The quantitative estimate of drug-likeness (QED) is 0.432. The smallest absolute Gasteiger partial charge is 0.255 e. The Hall–Kier alpha value is -2.66. The molecule has 0 saturated heterocycles. The van der Waals surface area contributed by atoms with Crippen LogP contribution >= 0.6 is 0 Å². The SMILES string of the molecule is CC(C)CC(C(=O)NO)C(=O)Nc1ccc(-c2ccccc2)cc1. The Balaban J connectivity index is 2.09. The van der Waals surface area contributed by atoms with Crippen molar-refractivity contribution in [1.82, 2.24) is 5.48 Å². The lowest BCUT2D eigenvalue weighted by atomic mass is 9.95. The van der Waals surface area contributed by atoms with Crippen LogP contribution in [0.3, 0.4) is 0 Å². The summed E-state index contributed by atoms with van der Waals surface area (Å²) < 4.78 is 0. The van der Waals surface area contributed by atoms with E-state index in [1.54, 1.807) is 17.6 Å². The molecule has 0 bridgehead atoms. The first-order chi connectivity index (χ1) is 11.5. The van der Waals surface area contributed by atoms with Crippen molar-refractivity contribution in [2.24, 2.45) is 11.8 Å². The predicted octanol–water partition coefficient (Wildman–Crippen LogP) is 3.46. The average molecular weight is 326 g/mol. The second-order valence-corrected chi connectivity index (χ2v) is 6.09. The van der Waals surface area contributed by atoms with Gasteiger partial charge in [-0.15, -0.1) is 0 Å². The molecule has 0 fully saturated rings. The van der Waals surface area contributed by atoms with E-state index < -0.39 is 17.7 Å². The van der Waals surface area contributed by atoms with Crippen molar-refractivity contribution in [2.75, 3.05) is 5.32 Å². The molecule has 0 saturated carbocycles. The van der Waals surface area contributed by atoms with Gasteiger partial charge in [0.05, 0.1) is 0 Å². The summed E-state index contributed by atoms with van der Waals surface area (Å²) in [4.78, 5) is 24.0. The highest BCUT2D eigenvalue weighted by molar-refractivity contribution is 6.06. The molecule has 0 aromatic heterocycles. The Morgan fingerprint density at radius 2 is 1.50 bits per heavy atom. The van der Waals surface area contributed by atoms with Gasteiger partial charge in [0, 0.05) is 5.69 Å². The fraction of sp³-hybridized carbons (Fsp3) is 0.263. The lowest BCUT2D eigenvalue weighted by molar-refractivity contribution is -0.139. The van der Waals surface area contributed by atoms with E-state index in [1.807, 2.05) is 56.3 Å². The van der Waals surface area contributed by atoms with Gasteiger partial charge >= 0.3 is 0 Å². The maximum absolute atomic E-state index is 12.3. The first-order valence-corrected chi connectivity index (χ1v) is 7.91. The highest BCUT2D eigenvalue weighted by Crippen LogP contribution is 2.22. The summed E-state index contributed by atoms with van der Waals surface area (Å²) in [5.74, 6) is -1.90. The third-order valence-electron chi connectivity index (χ3n) is 3.71. The van der Waals surface area contributed by atoms with E-state index in [9.17, 15) is 9.59 Å². The second kappa shape index (κ2) is 8.26. The summed E-state index contributed by atoms with van der Waals surface area (Å²) in [6.45, 7) is 3.83. The molecule has 2 aromatic carbocycles. The van der Waals surface area contributed by atoms with E-state index in [4.69, 9.17) is 5.21 Å². The zero-order valence-corrected chi connectivity index (χ0v) is 13.8. The summed E-state index contributed by atoms with van der Waals surface area (Å²) in [5.41, 5.74) is 4.31. The van der Waals surface area contributed by atoms with Crippen LogP contribution in [-0.2, 0) is 9.59 Å². The molecule has 5 nitrogen and oxygen atoms in total. The molecule has 0 aliphatic rings. The molecule has 2 amide bonds. The third-order valence-corrected chi connectivity index (χ3v) is 3.71. The second-order valence-electron chi connectivity index (χ2n) is 6.09. The van der Waals surface area contributed by atoms with Gasteiger partial charge in [0.2, 0.25) is 5.91 Å². The Morgan fingerprint density at radius 1 is 0.917 bits per heavy atom. The Labute approximate surface area is 141 Å². The normalized spacial score (nSPS) is 11.8.